The van der Waals surface area contributed by atoms with E-state index in [0.717, 1.165) is 11.8 Å². The largest absolute Gasteiger partial charge is 0.379 e. The van der Waals surface area contributed by atoms with E-state index in [0.29, 0.717) is 48.1 Å². The molecule has 0 radical (unpaired) electrons. The van der Waals surface area contributed by atoms with E-state index in [1.807, 2.05) is 0 Å². The molecule has 0 unspecified atom stereocenters. The number of para-hydroxylation sites is 1. The van der Waals surface area contributed by atoms with Crippen LogP contribution < -0.4 is 10.9 Å². The van der Waals surface area contributed by atoms with Gasteiger partial charge in [-0.1, -0.05) is 30.0 Å². The van der Waals surface area contributed by atoms with Crippen LogP contribution in [0.4, 0.5) is 5.69 Å². The number of carbonyl (C=O) groups excluding carboxylic acids is 1. The molecule has 1 aliphatic rings. The molecule has 1 fully saturated rings. The quantitative estimate of drug-likeness (QED) is 0.424. The number of fused-ring (bicyclic) bond motifs is 1. The third-order valence-corrected chi connectivity index (χ3v) is 7.42. The lowest BCUT2D eigenvalue weighted by atomic mass is 10.2. The minimum Gasteiger partial charge on any atom is -0.379 e. The summed E-state index contributed by atoms with van der Waals surface area (Å²) in [5, 5.41) is 3.51. The molecular weight excluding hydrogens is 440 g/mol. The minimum atomic E-state index is -3.65. The first-order valence-corrected chi connectivity index (χ1v) is 12.0. The van der Waals surface area contributed by atoms with Gasteiger partial charge in [0, 0.05) is 18.8 Å². The lowest BCUT2D eigenvalue weighted by molar-refractivity contribution is -0.113. The summed E-state index contributed by atoms with van der Waals surface area (Å²) in [6.07, 6.45) is 0. The van der Waals surface area contributed by atoms with Crippen LogP contribution in [0.15, 0.2) is 63.4 Å². The normalized spacial score (nSPS) is 15.1. The van der Waals surface area contributed by atoms with Crippen LogP contribution in [0.25, 0.3) is 10.9 Å². The highest BCUT2D eigenvalue weighted by Gasteiger charge is 2.26. The van der Waals surface area contributed by atoms with Crippen LogP contribution in [0.3, 0.4) is 0 Å². The number of H-pyrrole nitrogens is 1. The van der Waals surface area contributed by atoms with Crippen molar-refractivity contribution in [2.75, 3.05) is 37.4 Å². The zero-order chi connectivity index (χ0) is 21.8. The molecular formula is C20H20N4O5S2. The fourth-order valence-electron chi connectivity index (χ4n) is 3.13. The van der Waals surface area contributed by atoms with Gasteiger partial charge < -0.3 is 15.0 Å². The number of sulfonamides is 1. The van der Waals surface area contributed by atoms with E-state index in [1.54, 1.807) is 36.4 Å². The average Bonchev–Trinajstić information content (AvgIpc) is 2.78. The number of carbonyl (C=O) groups is 1. The van der Waals surface area contributed by atoms with Gasteiger partial charge in [0.1, 0.15) is 0 Å². The summed E-state index contributed by atoms with van der Waals surface area (Å²) in [5.74, 6) is -0.344. The highest BCUT2D eigenvalue weighted by molar-refractivity contribution is 7.99. The molecule has 0 spiro atoms. The third-order valence-electron chi connectivity index (χ3n) is 4.66. The number of thioether (sulfide) groups is 1. The molecule has 9 nitrogen and oxygen atoms in total. The molecule has 0 atom stereocenters. The van der Waals surface area contributed by atoms with E-state index in [2.05, 4.69) is 15.3 Å². The van der Waals surface area contributed by atoms with E-state index < -0.39 is 10.0 Å². The number of amides is 1. The van der Waals surface area contributed by atoms with Crippen molar-refractivity contribution < 1.29 is 17.9 Å². The molecule has 2 heterocycles. The van der Waals surface area contributed by atoms with E-state index in [-0.39, 0.29) is 22.1 Å². The predicted molar refractivity (Wildman–Crippen MR) is 118 cm³/mol. The smallest absolute Gasteiger partial charge is 0.259 e. The number of aromatic amines is 1. The molecule has 0 aliphatic carbocycles. The highest BCUT2D eigenvalue weighted by Crippen LogP contribution is 2.21. The van der Waals surface area contributed by atoms with Crippen molar-refractivity contribution >= 4 is 44.3 Å². The SMILES string of the molecule is O=C(CSc1nc2ccccc2c(=O)[nH]1)Nc1cccc(S(=O)(=O)N2CCOCC2)c1. The van der Waals surface area contributed by atoms with Crippen molar-refractivity contribution in [3.63, 3.8) is 0 Å². The third kappa shape index (κ3) is 4.96. The Kier molecular flexibility index (Phi) is 6.37. The molecule has 2 N–H and O–H groups in total. The predicted octanol–water partition coefficient (Wildman–Crippen LogP) is 1.67. The van der Waals surface area contributed by atoms with Gasteiger partial charge in [-0.3, -0.25) is 9.59 Å². The van der Waals surface area contributed by atoms with E-state index in [9.17, 15) is 18.0 Å². The lowest BCUT2D eigenvalue weighted by Gasteiger charge is -2.26. The van der Waals surface area contributed by atoms with E-state index in [1.165, 1.54) is 16.4 Å². The van der Waals surface area contributed by atoms with E-state index in [4.69, 9.17) is 4.74 Å². The molecule has 1 saturated heterocycles. The van der Waals surface area contributed by atoms with Crippen LogP contribution in [-0.2, 0) is 19.6 Å². The fourth-order valence-corrected chi connectivity index (χ4v) is 5.26. The summed E-state index contributed by atoms with van der Waals surface area (Å²) in [4.78, 5) is 31.6. The summed E-state index contributed by atoms with van der Waals surface area (Å²) in [5.41, 5.74) is 0.657. The van der Waals surface area contributed by atoms with Crippen LogP contribution in [0.2, 0.25) is 0 Å². The van der Waals surface area contributed by atoms with Crippen LogP contribution >= 0.6 is 11.8 Å². The lowest BCUT2D eigenvalue weighted by Crippen LogP contribution is -2.40. The van der Waals surface area contributed by atoms with Crippen molar-refractivity contribution in [2.24, 2.45) is 0 Å². The Morgan fingerprint density at radius 3 is 2.74 bits per heavy atom. The zero-order valence-electron chi connectivity index (χ0n) is 16.4. The molecule has 1 aromatic heterocycles. The summed E-state index contributed by atoms with van der Waals surface area (Å²) >= 11 is 1.09. The van der Waals surface area contributed by atoms with E-state index >= 15 is 0 Å². The van der Waals surface area contributed by atoms with Gasteiger partial charge in [-0.15, -0.1) is 0 Å². The van der Waals surface area contributed by atoms with Crippen molar-refractivity contribution in [3.8, 4) is 0 Å². The second kappa shape index (κ2) is 9.18. The van der Waals surface area contributed by atoms with Gasteiger partial charge in [-0.2, -0.15) is 4.31 Å². The minimum absolute atomic E-state index is 0.00171. The maximum Gasteiger partial charge on any atom is 0.259 e. The Labute approximate surface area is 182 Å². The summed E-state index contributed by atoms with van der Waals surface area (Å²) in [7, 11) is -3.65. The summed E-state index contributed by atoms with van der Waals surface area (Å²) in [6.45, 7) is 1.31. The van der Waals surface area contributed by atoms with Gasteiger partial charge in [0.05, 0.1) is 34.8 Å². The van der Waals surface area contributed by atoms with Crippen molar-refractivity contribution in [1.29, 1.82) is 0 Å². The molecule has 162 valence electrons. The van der Waals surface area contributed by atoms with Crippen LogP contribution in [0.5, 0.6) is 0 Å². The zero-order valence-corrected chi connectivity index (χ0v) is 18.0. The molecule has 4 rings (SSSR count). The van der Waals surface area contributed by atoms with Gasteiger partial charge in [-0.25, -0.2) is 13.4 Å². The van der Waals surface area contributed by atoms with Crippen LogP contribution in [0, 0.1) is 0 Å². The topological polar surface area (TPSA) is 121 Å². The first kappa shape index (κ1) is 21.5. The number of ether oxygens (including phenoxy) is 1. The number of morpholine rings is 1. The number of benzene rings is 2. The molecule has 31 heavy (non-hydrogen) atoms. The molecule has 0 bridgehead atoms. The Hall–Kier alpha value is -2.73. The van der Waals surface area contributed by atoms with Gasteiger partial charge >= 0.3 is 0 Å². The summed E-state index contributed by atoms with van der Waals surface area (Å²) in [6, 6.07) is 13.1. The Balaban J connectivity index is 1.42. The average molecular weight is 461 g/mol. The van der Waals surface area contributed by atoms with Crippen molar-refractivity contribution in [3.05, 3.63) is 58.9 Å². The Bertz CT molecular complexity index is 1270. The number of anilines is 1. The van der Waals surface area contributed by atoms with Gasteiger partial charge in [0.25, 0.3) is 5.56 Å². The highest BCUT2D eigenvalue weighted by atomic mass is 32.2. The number of nitrogens with zero attached hydrogens (tertiary/aromatic N) is 2. The maximum absolute atomic E-state index is 12.8. The van der Waals surface area contributed by atoms with Crippen LogP contribution in [-0.4, -0.2) is 60.7 Å². The second-order valence-corrected chi connectivity index (χ2v) is 9.67. The molecule has 1 amide bonds. The molecule has 2 aromatic carbocycles. The molecule has 11 heteroatoms. The molecule has 0 saturated carbocycles. The first-order valence-electron chi connectivity index (χ1n) is 9.53. The number of rotatable bonds is 6. The second-order valence-electron chi connectivity index (χ2n) is 6.77. The Morgan fingerprint density at radius 1 is 1.16 bits per heavy atom. The monoisotopic (exact) mass is 460 g/mol. The van der Waals surface area contributed by atoms with Crippen molar-refractivity contribution in [2.45, 2.75) is 10.1 Å². The van der Waals surface area contributed by atoms with Gasteiger partial charge in [0.2, 0.25) is 15.9 Å². The van der Waals surface area contributed by atoms with Gasteiger partial charge in [0.15, 0.2) is 5.16 Å². The number of nitrogens with one attached hydrogen (secondary N) is 2. The first-order chi connectivity index (χ1) is 14.9. The molecule has 3 aromatic rings. The van der Waals surface area contributed by atoms with Crippen LogP contribution in [0.1, 0.15) is 0 Å². The number of hydrogen-bond donors (Lipinski definition) is 2. The summed E-state index contributed by atoms with van der Waals surface area (Å²) < 4.78 is 32.2. The Morgan fingerprint density at radius 2 is 1.94 bits per heavy atom. The van der Waals surface area contributed by atoms with Crippen molar-refractivity contribution in [1.82, 2.24) is 14.3 Å². The maximum atomic E-state index is 12.8. The number of hydrogen-bond acceptors (Lipinski definition) is 7. The standard InChI is InChI=1S/C20H20N4O5S2/c25-18(13-30-20-22-17-7-2-1-6-16(17)19(26)23-20)21-14-4-3-5-15(12-14)31(27,28)24-8-10-29-11-9-24/h1-7,12H,8-11,13H2,(H,21,25)(H,22,23,26). The van der Waals surface area contributed by atoms with Gasteiger partial charge in [-0.05, 0) is 30.3 Å². The number of aromatic nitrogens is 2. The fraction of sp³-hybridized carbons (Fsp3) is 0.250. The molecule has 1 aliphatic heterocycles.